The molecule has 0 bridgehead atoms. The molecule has 4 aliphatic rings. The van der Waals surface area contributed by atoms with Crippen molar-refractivity contribution in [2.75, 3.05) is 0 Å². The van der Waals surface area contributed by atoms with Crippen LogP contribution in [0.15, 0.2) is 23.3 Å². The van der Waals surface area contributed by atoms with Crippen LogP contribution in [0.4, 0.5) is 0 Å². The molecule has 0 amide bonds. The average molecular weight is 441 g/mol. The van der Waals surface area contributed by atoms with Crippen molar-refractivity contribution < 1.29 is 9.90 Å². The molecule has 1 N–H and O–H groups in total. The normalized spacial score (nSPS) is 44.2. The van der Waals surface area contributed by atoms with Gasteiger partial charge in [0.1, 0.15) is 0 Å². The molecule has 3 fully saturated rings. The van der Waals surface area contributed by atoms with Crippen LogP contribution in [0.2, 0.25) is 0 Å². The van der Waals surface area contributed by atoms with Crippen molar-refractivity contribution in [2.24, 2.45) is 45.3 Å². The van der Waals surface area contributed by atoms with Gasteiger partial charge in [-0.05, 0) is 110 Å². The summed E-state index contributed by atoms with van der Waals surface area (Å²) in [5.74, 6) is 2.26. The fourth-order valence-electron chi connectivity index (χ4n) is 9.54. The number of rotatable bonds is 5. The Kier molecular flexibility index (Phi) is 6.04. The predicted molar refractivity (Wildman–Crippen MR) is 133 cm³/mol. The van der Waals surface area contributed by atoms with E-state index < -0.39 is 5.97 Å². The summed E-state index contributed by atoms with van der Waals surface area (Å²) in [4.78, 5) is 11.1. The van der Waals surface area contributed by atoms with E-state index in [4.69, 9.17) is 5.11 Å². The standard InChI is InChI=1S/C30H48O2/c1-20(10-8-11-21(2)26(31)32)22-15-17-30(7)25-14-13-23-24(12-9-16-27(23,3)4)28(25,5)18-19-29(22,30)6/h11,13,20,22,24-25H,8-10,12,14-19H2,1-7H3,(H,31,32)/b21-11+/t20-,22-,24-,25-,28+,29-,30+/m1/s1. The molecule has 4 rings (SSSR count). The summed E-state index contributed by atoms with van der Waals surface area (Å²) in [5.41, 5.74) is 4.00. The number of fused-ring (bicyclic) bond motifs is 5. The van der Waals surface area contributed by atoms with Gasteiger partial charge >= 0.3 is 5.97 Å². The highest BCUT2D eigenvalue weighted by Crippen LogP contribution is 2.74. The summed E-state index contributed by atoms with van der Waals surface area (Å²) >= 11 is 0. The molecule has 2 nitrogen and oxygen atoms in total. The molecule has 2 heteroatoms. The van der Waals surface area contributed by atoms with Crippen molar-refractivity contribution >= 4 is 5.97 Å². The SMILES string of the molecule is C/C(=C\CC[C@@H](C)[C@H]1CC[C@@]2(C)[C@@H]3CC=C4[C@@H](CCCC4(C)C)[C@]3(C)CC[C@]12C)C(=O)O. The van der Waals surface area contributed by atoms with Crippen molar-refractivity contribution in [1.82, 2.24) is 0 Å². The molecule has 0 heterocycles. The van der Waals surface area contributed by atoms with Crippen LogP contribution < -0.4 is 0 Å². The number of carboxylic acid groups (broad SMARTS) is 1. The molecule has 0 spiro atoms. The van der Waals surface area contributed by atoms with E-state index >= 15 is 0 Å². The van der Waals surface area contributed by atoms with Crippen LogP contribution >= 0.6 is 0 Å². The second-order valence-electron chi connectivity index (χ2n) is 13.5. The number of hydrogen-bond acceptors (Lipinski definition) is 1. The summed E-state index contributed by atoms with van der Waals surface area (Å²) in [6, 6.07) is 0. The molecule has 0 saturated heterocycles. The summed E-state index contributed by atoms with van der Waals surface area (Å²) in [6.07, 6.45) is 17.6. The van der Waals surface area contributed by atoms with Gasteiger partial charge < -0.3 is 5.11 Å². The van der Waals surface area contributed by atoms with Gasteiger partial charge in [-0.3, -0.25) is 0 Å². The van der Waals surface area contributed by atoms with Gasteiger partial charge in [0.05, 0.1) is 0 Å². The maximum Gasteiger partial charge on any atom is 0.330 e. The minimum Gasteiger partial charge on any atom is -0.478 e. The van der Waals surface area contributed by atoms with Crippen molar-refractivity contribution in [3.05, 3.63) is 23.3 Å². The molecular formula is C30H48O2. The van der Waals surface area contributed by atoms with Gasteiger partial charge in [0.2, 0.25) is 0 Å². The first-order valence-electron chi connectivity index (χ1n) is 13.5. The molecule has 3 saturated carbocycles. The zero-order chi connectivity index (χ0) is 23.5. The second-order valence-corrected chi connectivity index (χ2v) is 13.5. The lowest BCUT2D eigenvalue weighted by molar-refractivity contribution is -0.140. The van der Waals surface area contributed by atoms with Crippen molar-refractivity contribution in [2.45, 2.75) is 113 Å². The van der Waals surface area contributed by atoms with Gasteiger partial charge in [-0.2, -0.15) is 0 Å². The molecule has 32 heavy (non-hydrogen) atoms. The van der Waals surface area contributed by atoms with Gasteiger partial charge in [0.15, 0.2) is 0 Å². The summed E-state index contributed by atoms with van der Waals surface area (Å²) in [7, 11) is 0. The van der Waals surface area contributed by atoms with Crippen LogP contribution in [0.1, 0.15) is 113 Å². The van der Waals surface area contributed by atoms with Crippen molar-refractivity contribution in [3.8, 4) is 0 Å². The fourth-order valence-corrected chi connectivity index (χ4v) is 9.54. The van der Waals surface area contributed by atoms with E-state index in [-0.39, 0.29) is 0 Å². The smallest absolute Gasteiger partial charge is 0.330 e. The first-order valence-corrected chi connectivity index (χ1v) is 13.5. The molecule has 0 aromatic rings. The Morgan fingerprint density at radius 3 is 2.50 bits per heavy atom. The third kappa shape index (κ3) is 3.45. The molecule has 4 aliphatic carbocycles. The lowest BCUT2D eigenvalue weighted by atomic mass is 9.39. The van der Waals surface area contributed by atoms with E-state index in [2.05, 4.69) is 47.6 Å². The average Bonchev–Trinajstić information content (AvgIpc) is 2.99. The van der Waals surface area contributed by atoms with Gasteiger partial charge in [-0.15, -0.1) is 0 Å². The Balaban J connectivity index is 1.57. The number of aliphatic carboxylic acids is 1. The summed E-state index contributed by atoms with van der Waals surface area (Å²) < 4.78 is 0. The molecule has 7 atom stereocenters. The molecule has 0 aromatic carbocycles. The Bertz CT molecular complexity index is 819. The highest BCUT2D eigenvalue weighted by molar-refractivity contribution is 5.85. The highest BCUT2D eigenvalue weighted by Gasteiger charge is 2.66. The van der Waals surface area contributed by atoms with E-state index in [1.165, 1.54) is 51.4 Å². The molecule has 0 aliphatic heterocycles. The monoisotopic (exact) mass is 440 g/mol. The van der Waals surface area contributed by atoms with Gasteiger partial charge in [0, 0.05) is 5.57 Å². The third-order valence-electron chi connectivity index (χ3n) is 11.8. The zero-order valence-electron chi connectivity index (χ0n) is 21.9. The number of allylic oxidation sites excluding steroid dienone is 3. The van der Waals surface area contributed by atoms with Crippen LogP contribution in [0, 0.1) is 45.3 Å². The van der Waals surface area contributed by atoms with Gasteiger partial charge in [-0.1, -0.05) is 65.7 Å². The first-order chi connectivity index (χ1) is 14.9. The third-order valence-corrected chi connectivity index (χ3v) is 11.8. The van der Waals surface area contributed by atoms with E-state index in [0.717, 1.165) is 30.6 Å². The summed E-state index contributed by atoms with van der Waals surface area (Å²) in [5, 5.41) is 9.16. The Morgan fingerprint density at radius 1 is 1.09 bits per heavy atom. The van der Waals surface area contributed by atoms with E-state index in [1.807, 2.05) is 6.08 Å². The van der Waals surface area contributed by atoms with E-state index in [0.29, 0.717) is 33.2 Å². The minimum atomic E-state index is -0.778. The molecule has 180 valence electrons. The topological polar surface area (TPSA) is 37.3 Å². The maximum atomic E-state index is 11.1. The van der Waals surface area contributed by atoms with Gasteiger partial charge in [-0.25, -0.2) is 4.79 Å². The van der Waals surface area contributed by atoms with Crippen molar-refractivity contribution in [3.63, 3.8) is 0 Å². The largest absolute Gasteiger partial charge is 0.478 e. The van der Waals surface area contributed by atoms with Crippen molar-refractivity contribution in [1.29, 1.82) is 0 Å². The van der Waals surface area contributed by atoms with E-state index in [9.17, 15) is 4.79 Å². The lowest BCUT2D eigenvalue weighted by Gasteiger charge is -2.65. The second kappa shape index (κ2) is 8.02. The van der Waals surface area contributed by atoms with Crippen LogP contribution in [0.25, 0.3) is 0 Å². The number of carboxylic acids is 1. The van der Waals surface area contributed by atoms with Crippen LogP contribution in [0.5, 0.6) is 0 Å². The fraction of sp³-hybridized carbons (Fsp3) is 0.833. The van der Waals surface area contributed by atoms with Crippen LogP contribution in [-0.2, 0) is 4.79 Å². The van der Waals surface area contributed by atoms with E-state index in [1.54, 1.807) is 12.5 Å². The number of hydrogen-bond donors (Lipinski definition) is 1. The zero-order valence-corrected chi connectivity index (χ0v) is 21.9. The number of carbonyl (C=O) groups is 1. The first kappa shape index (κ1) is 24.1. The summed E-state index contributed by atoms with van der Waals surface area (Å²) in [6.45, 7) is 17.2. The minimum absolute atomic E-state index is 0.396. The van der Waals surface area contributed by atoms with Crippen LogP contribution in [-0.4, -0.2) is 11.1 Å². The quantitative estimate of drug-likeness (QED) is 0.344. The Hall–Kier alpha value is -1.05. The molecule has 0 radical (unpaired) electrons. The maximum absolute atomic E-state index is 11.1. The molecule has 0 aromatic heterocycles. The Labute approximate surface area is 197 Å². The van der Waals surface area contributed by atoms with Gasteiger partial charge in [0.25, 0.3) is 0 Å². The highest BCUT2D eigenvalue weighted by atomic mass is 16.4. The van der Waals surface area contributed by atoms with Crippen LogP contribution in [0.3, 0.4) is 0 Å². The molecular weight excluding hydrogens is 392 g/mol. The predicted octanol–water partition coefficient (Wildman–Crippen LogP) is 8.43. The Morgan fingerprint density at radius 2 is 1.81 bits per heavy atom. The molecule has 0 unspecified atom stereocenters. The lowest BCUT2D eigenvalue weighted by Crippen LogP contribution is -2.58.